The van der Waals surface area contributed by atoms with Gasteiger partial charge in [0.1, 0.15) is 5.82 Å². The van der Waals surface area contributed by atoms with Gasteiger partial charge in [-0.25, -0.2) is 23.5 Å². The van der Waals surface area contributed by atoms with Crippen molar-refractivity contribution in [1.29, 1.82) is 0 Å². The molecule has 0 saturated heterocycles. The molecule has 0 unspecified atom stereocenters. The monoisotopic (exact) mass is 556 g/mol. The molecule has 12 heteroatoms. The van der Waals surface area contributed by atoms with E-state index in [9.17, 15) is 8.42 Å². The van der Waals surface area contributed by atoms with Gasteiger partial charge in [0.25, 0.3) is 0 Å². The van der Waals surface area contributed by atoms with E-state index in [0.29, 0.717) is 29.1 Å². The average Bonchev–Trinajstić information content (AvgIpc) is 3.19. The number of halogens is 1. The topological polar surface area (TPSA) is 131 Å². The van der Waals surface area contributed by atoms with E-state index in [1.165, 1.54) is 38.2 Å². The summed E-state index contributed by atoms with van der Waals surface area (Å²) >= 11 is 0. The lowest BCUT2D eigenvalue weighted by atomic mass is 9.96. The maximum atomic E-state index is 11.9. The van der Waals surface area contributed by atoms with Crippen molar-refractivity contribution in [2.75, 3.05) is 22.6 Å². The number of anilines is 5. The van der Waals surface area contributed by atoms with Crippen LogP contribution in [0.15, 0.2) is 53.6 Å². The van der Waals surface area contributed by atoms with Gasteiger partial charge in [-0.2, -0.15) is 4.98 Å². The van der Waals surface area contributed by atoms with Gasteiger partial charge < -0.3 is 20.1 Å². The largest absolute Gasteiger partial charge is 0.353 e. The molecule has 1 aliphatic rings. The van der Waals surface area contributed by atoms with Gasteiger partial charge in [-0.3, -0.25) is 0 Å². The molecule has 5 rings (SSSR count). The summed E-state index contributed by atoms with van der Waals surface area (Å²) in [5, 5.41) is 12.0. The molecule has 0 bridgehead atoms. The van der Waals surface area contributed by atoms with Gasteiger partial charge >= 0.3 is 0 Å². The van der Waals surface area contributed by atoms with Crippen LogP contribution in [0.1, 0.15) is 37.7 Å². The molecular weight excluding hydrogens is 524 g/mol. The van der Waals surface area contributed by atoms with Crippen LogP contribution in [0.2, 0.25) is 0 Å². The van der Waals surface area contributed by atoms with E-state index < -0.39 is 10.0 Å². The van der Waals surface area contributed by atoms with E-state index in [1.807, 2.05) is 31.1 Å². The Balaban J connectivity index is 0.00000336. The molecule has 0 atom stereocenters. The highest BCUT2D eigenvalue weighted by molar-refractivity contribution is 7.89. The van der Waals surface area contributed by atoms with Crippen LogP contribution in [0.5, 0.6) is 0 Å². The lowest BCUT2D eigenvalue weighted by Crippen LogP contribution is -2.23. The zero-order valence-corrected chi connectivity index (χ0v) is 23.3. The number of fused-ring (bicyclic) bond motifs is 1. The smallest absolute Gasteiger partial charge is 0.238 e. The van der Waals surface area contributed by atoms with Crippen LogP contribution in [0.25, 0.3) is 11.0 Å². The first kappa shape index (κ1) is 27.6. The Morgan fingerprint density at radius 2 is 1.82 bits per heavy atom. The molecule has 38 heavy (non-hydrogen) atoms. The predicted octanol–water partition coefficient (Wildman–Crippen LogP) is 5.00. The number of primary sulfonamides is 1. The summed E-state index contributed by atoms with van der Waals surface area (Å²) in [4.78, 5) is 15.8. The fourth-order valence-electron chi connectivity index (χ4n) is 4.80. The van der Waals surface area contributed by atoms with E-state index >= 15 is 0 Å². The number of benzene rings is 2. The van der Waals surface area contributed by atoms with Crippen molar-refractivity contribution < 1.29 is 8.42 Å². The zero-order valence-electron chi connectivity index (χ0n) is 21.7. The molecule has 0 amide bonds. The Hall–Kier alpha value is -3.41. The van der Waals surface area contributed by atoms with E-state index in [-0.39, 0.29) is 17.3 Å². The summed E-state index contributed by atoms with van der Waals surface area (Å²) in [7, 11) is 0.138. The lowest BCUT2D eigenvalue weighted by Gasteiger charge is -2.23. The second-order valence-electron chi connectivity index (χ2n) is 9.59. The molecular formula is C26H33ClN8O2S. The van der Waals surface area contributed by atoms with Crippen molar-refractivity contribution in [1.82, 2.24) is 19.5 Å². The number of aryl methyl sites for hydroxylation is 2. The SMILES string of the molecule is Cc1ccc(Nc2nccc(N(C)c3ccc4c(c3)nc(NC3CCCCC3)n4C)n2)cc1S(N)(=O)=O.Cl. The third-order valence-electron chi connectivity index (χ3n) is 6.93. The molecule has 0 radical (unpaired) electrons. The summed E-state index contributed by atoms with van der Waals surface area (Å²) in [6, 6.07) is 13.4. The summed E-state index contributed by atoms with van der Waals surface area (Å²) in [5.74, 6) is 1.91. The second kappa shape index (κ2) is 11.1. The van der Waals surface area contributed by atoms with Crippen molar-refractivity contribution in [2.45, 2.75) is 50.0 Å². The first-order valence-electron chi connectivity index (χ1n) is 12.4. The third kappa shape index (κ3) is 5.85. The molecule has 4 aromatic rings. The van der Waals surface area contributed by atoms with Crippen LogP contribution in [-0.2, 0) is 17.1 Å². The minimum Gasteiger partial charge on any atom is -0.353 e. The molecule has 10 nitrogen and oxygen atoms in total. The van der Waals surface area contributed by atoms with Gasteiger partial charge in [0, 0.05) is 37.7 Å². The van der Waals surface area contributed by atoms with Crippen molar-refractivity contribution in [3.05, 3.63) is 54.2 Å². The Morgan fingerprint density at radius 3 is 2.55 bits per heavy atom. The molecule has 2 heterocycles. The average molecular weight is 557 g/mol. The lowest BCUT2D eigenvalue weighted by molar-refractivity contribution is 0.460. The summed E-state index contributed by atoms with van der Waals surface area (Å²) in [6.45, 7) is 1.70. The maximum Gasteiger partial charge on any atom is 0.238 e. The molecule has 1 aliphatic carbocycles. The van der Waals surface area contributed by atoms with Crippen LogP contribution in [0, 0.1) is 6.92 Å². The highest BCUT2D eigenvalue weighted by atomic mass is 35.5. The Kier molecular flexibility index (Phi) is 8.10. The van der Waals surface area contributed by atoms with Gasteiger partial charge in [-0.15, -0.1) is 12.4 Å². The number of nitrogens with one attached hydrogen (secondary N) is 2. The van der Waals surface area contributed by atoms with Crippen LogP contribution in [0.3, 0.4) is 0 Å². The number of hydrogen-bond acceptors (Lipinski definition) is 8. The van der Waals surface area contributed by atoms with E-state index in [4.69, 9.17) is 10.1 Å². The van der Waals surface area contributed by atoms with Gasteiger partial charge in [0.05, 0.1) is 15.9 Å². The predicted molar refractivity (Wildman–Crippen MR) is 154 cm³/mol. The second-order valence-corrected chi connectivity index (χ2v) is 11.1. The molecule has 4 N–H and O–H groups in total. The Morgan fingerprint density at radius 1 is 1.05 bits per heavy atom. The molecule has 2 aromatic heterocycles. The standard InChI is InChI=1S/C26H32N8O2S.ClH/c1-17-9-10-19(15-23(17)37(27,35)36)29-25-28-14-13-24(32-25)33(2)20-11-12-22-21(16-20)31-26(34(22)3)30-18-7-5-4-6-8-18;/h9-16,18H,4-8H2,1-3H3,(H,30,31)(H2,27,35,36)(H,28,29,32);1H. The highest BCUT2D eigenvalue weighted by Crippen LogP contribution is 2.29. The molecule has 2 aromatic carbocycles. The zero-order chi connectivity index (χ0) is 26.2. The van der Waals surface area contributed by atoms with Gasteiger partial charge in [-0.1, -0.05) is 25.3 Å². The van der Waals surface area contributed by atoms with E-state index in [2.05, 4.69) is 37.3 Å². The fourth-order valence-corrected chi connectivity index (χ4v) is 5.61. The first-order valence-corrected chi connectivity index (χ1v) is 13.9. The number of nitrogens with two attached hydrogens (primary N) is 1. The highest BCUT2D eigenvalue weighted by Gasteiger charge is 2.18. The van der Waals surface area contributed by atoms with Crippen molar-refractivity contribution in [2.24, 2.45) is 12.2 Å². The quantitative estimate of drug-likeness (QED) is 0.290. The third-order valence-corrected chi connectivity index (χ3v) is 7.98. The molecule has 0 spiro atoms. The van der Waals surface area contributed by atoms with E-state index in [0.717, 1.165) is 22.7 Å². The molecule has 202 valence electrons. The molecule has 1 saturated carbocycles. The van der Waals surface area contributed by atoms with E-state index in [1.54, 1.807) is 25.3 Å². The van der Waals surface area contributed by atoms with Crippen LogP contribution < -0.4 is 20.7 Å². The van der Waals surface area contributed by atoms with Gasteiger partial charge in [0.2, 0.25) is 21.9 Å². The first-order chi connectivity index (χ1) is 17.7. The minimum absolute atomic E-state index is 0. The van der Waals surface area contributed by atoms with Crippen LogP contribution in [-0.4, -0.2) is 41.0 Å². The molecule has 0 aliphatic heterocycles. The number of sulfonamides is 1. The summed E-state index contributed by atoms with van der Waals surface area (Å²) in [5.41, 5.74) is 4.01. The van der Waals surface area contributed by atoms with Crippen LogP contribution in [0.4, 0.5) is 29.1 Å². The summed E-state index contributed by atoms with van der Waals surface area (Å²) in [6.07, 6.45) is 7.88. The molecule has 1 fully saturated rings. The Labute approximate surface area is 229 Å². The van der Waals surface area contributed by atoms with Crippen molar-refractivity contribution in [3.8, 4) is 0 Å². The van der Waals surface area contributed by atoms with Crippen molar-refractivity contribution in [3.63, 3.8) is 0 Å². The van der Waals surface area contributed by atoms with Gasteiger partial charge in [-0.05, 0) is 61.7 Å². The number of imidazole rings is 1. The van der Waals surface area contributed by atoms with Gasteiger partial charge in [0.15, 0.2) is 0 Å². The number of rotatable bonds is 7. The number of hydrogen-bond donors (Lipinski definition) is 3. The Bertz CT molecular complexity index is 1550. The maximum absolute atomic E-state index is 11.9. The van der Waals surface area contributed by atoms with Crippen molar-refractivity contribution >= 4 is 62.6 Å². The normalized spacial score (nSPS) is 14.2. The fraction of sp³-hybridized carbons (Fsp3) is 0.346. The van der Waals surface area contributed by atoms with Crippen LogP contribution >= 0.6 is 12.4 Å². The summed E-state index contributed by atoms with van der Waals surface area (Å²) < 4.78 is 25.9. The number of nitrogens with zero attached hydrogens (tertiary/aromatic N) is 5. The minimum atomic E-state index is -3.84. The number of aromatic nitrogens is 4.